The number of piperidine rings is 1. The van der Waals surface area contributed by atoms with Gasteiger partial charge in [-0.1, -0.05) is 13.0 Å². The van der Waals surface area contributed by atoms with Crippen LogP contribution in [0.1, 0.15) is 66.9 Å². The molecule has 0 spiro atoms. The Morgan fingerprint density at radius 1 is 1.04 bits per heavy atom. The number of ether oxygens (including phenoxy) is 3. The van der Waals surface area contributed by atoms with Crippen LogP contribution in [-0.4, -0.2) is 74.4 Å². The van der Waals surface area contributed by atoms with Gasteiger partial charge in [-0.15, -0.1) is 0 Å². The van der Waals surface area contributed by atoms with Crippen molar-refractivity contribution in [2.24, 2.45) is 11.8 Å². The Balaban J connectivity index is 1.67. The summed E-state index contributed by atoms with van der Waals surface area (Å²) in [5, 5.41) is 10.2. The molecule has 2 fully saturated rings. The van der Waals surface area contributed by atoms with E-state index < -0.39 is 42.0 Å². The number of hydrogen-bond acceptors (Lipinski definition) is 6. The van der Waals surface area contributed by atoms with E-state index in [4.69, 9.17) is 14.2 Å². The van der Waals surface area contributed by atoms with Gasteiger partial charge in [0.1, 0.15) is 11.5 Å². The number of benzene rings is 2. The van der Waals surface area contributed by atoms with E-state index in [1.807, 2.05) is 0 Å². The van der Waals surface area contributed by atoms with E-state index in [0.29, 0.717) is 25.3 Å². The number of halogens is 5. The minimum atomic E-state index is -4.85. The topological polar surface area (TPSA) is 88.5 Å². The van der Waals surface area contributed by atoms with Crippen LogP contribution in [-0.2, 0) is 27.0 Å². The molecule has 254 valence electrons. The van der Waals surface area contributed by atoms with Gasteiger partial charge < -0.3 is 24.2 Å². The van der Waals surface area contributed by atoms with Gasteiger partial charge in [-0.05, 0) is 80.5 Å². The molecular weight excluding hydrogens is 615 g/mol. The Morgan fingerprint density at radius 3 is 2.30 bits per heavy atom. The first-order valence-corrected chi connectivity index (χ1v) is 15.4. The molecule has 0 unspecified atom stereocenters. The zero-order valence-electron chi connectivity index (χ0n) is 26.2. The number of nitrogens with zero attached hydrogens (tertiary/aromatic N) is 2. The van der Waals surface area contributed by atoms with Crippen molar-refractivity contribution in [3.8, 4) is 11.5 Å². The first kappa shape index (κ1) is 35.6. The van der Waals surface area contributed by atoms with Gasteiger partial charge in [0.25, 0.3) is 5.92 Å². The molecule has 0 atom stereocenters. The number of amides is 1. The standard InChI is InChI=1S/C33H41F5N2O6/c1-21-5-8-23(9-6-21)30(41)40(24(18-44-2)19-45-3)28-11-10-25(16-26(28)31(42)43)46-29-12-7-22(15-27(29)33(36,37)38)17-39-14-4-13-32(34,35)20-39/h7,10-12,15-16,21,23-24H,4-6,8-9,13-14,17-20H2,1-3H3,(H,42,43). The number of rotatable bonds is 12. The summed E-state index contributed by atoms with van der Waals surface area (Å²) in [5.74, 6) is -5.21. The van der Waals surface area contributed by atoms with Gasteiger partial charge in [-0.2, -0.15) is 13.2 Å². The highest BCUT2D eigenvalue weighted by Crippen LogP contribution is 2.41. The highest BCUT2D eigenvalue weighted by molar-refractivity contribution is 6.03. The molecule has 1 N–H and O–H groups in total. The largest absolute Gasteiger partial charge is 0.478 e. The number of carbonyl (C=O) groups excluding carboxylic acids is 1. The van der Waals surface area contributed by atoms with E-state index in [-0.39, 0.29) is 67.0 Å². The lowest BCUT2D eigenvalue weighted by atomic mass is 9.82. The van der Waals surface area contributed by atoms with Crippen LogP contribution in [0.2, 0.25) is 0 Å². The summed E-state index contributed by atoms with van der Waals surface area (Å²) >= 11 is 0. The average Bonchev–Trinajstić information content (AvgIpc) is 2.98. The predicted molar refractivity (Wildman–Crippen MR) is 161 cm³/mol. The Morgan fingerprint density at radius 2 is 1.72 bits per heavy atom. The van der Waals surface area contributed by atoms with Gasteiger partial charge in [-0.25, -0.2) is 13.6 Å². The normalized spacial score (nSPS) is 20.5. The zero-order valence-corrected chi connectivity index (χ0v) is 26.2. The number of aromatic carboxylic acids is 1. The summed E-state index contributed by atoms with van der Waals surface area (Å²) < 4.78 is 86.5. The van der Waals surface area contributed by atoms with Gasteiger partial charge >= 0.3 is 12.1 Å². The quantitative estimate of drug-likeness (QED) is 0.241. The second kappa shape index (κ2) is 15.1. The molecule has 0 radical (unpaired) electrons. The lowest BCUT2D eigenvalue weighted by Gasteiger charge is -2.36. The summed E-state index contributed by atoms with van der Waals surface area (Å²) in [7, 11) is 2.90. The molecule has 1 saturated heterocycles. The highest BCUT2D eigenvalue weighted by Gasteiger charge is 2.38. The monoisotopic (exact) mass is 656 g/mol. The van der Waals surface area contributed by atoms with Crippen LogP contribution in [0.4, 0.5) is 27.6 Å². The number of likely N-dealkylation sites (tertiary alicyclic amines) is 1. The molecule has 1 aliphatic carbocycles. The maximum absolute atomic E-state index is 14.2. The summed E-state index contributed by atoms with van der Waals surface area (Å²) in [6.45, 7) is 1.93. The third-order valence-electron chi connectivity index (χ3n) is 8.60. The van der Waals surface area contributed by atoms with Crippen LogP contribution in [0.5, 0.6) is 11.5 Å². The maximum atomic E-state index is 14.2. The molecule has 2 aliphatic rings. The molecule has 2 aromatic carbocycles. The first-order valence-electron chi connectivity index (χ1n) is 15.4. The molecule has 1 saturated carbocycles. The lowest BCUT2D eigenvalue weighted by molar-refractivity contribution is -0.138. The van der Waals surface area contributed by atoms with E-state index in [2.05, 4.69) is 6.92 Å². The van der Waals surface area contributed by atoms with E-state index in [0.717, 1.165) is 31.0 Å². The fourth-order valence-electron chi connectivity index (χ4n) is 6.29. The van der Waals surface area contributed by atoms with Gasteiger partial charge in [0.2, 0.25) is 5.91 Å². The maximum Gasteiger partial charge on any atom is 0.419 e. The zero-order chi connectivity index (χ0) is 33.6. The van der Waals surface area contributed by atoms with Gasteiger partial charge in [-0.3, -0.25) is 9.69 Å². The van der Waals surface area contributed by atoms with Crippen LogP contribution in [0.15, 0.2) is 36.4 Å². The minimum Gasteiger partial charge on any atom is -0.478 e. The van der Waals surface area contributed by atoms with Crippen LogP contribution in [0, 0.1) is 11.8 Å². The number of alkyl halides is 5. The fourth-order valence-corrected chi connectivity index (χ4v) is 6.29. The fraction of sp³-hybridized carbons (Fsp3) is 0.576. The molecule has 0 bridgehead atoms. The molecule has 46 heavy (non-hydrogen) atoms. The Bertz CT molecular complexity index is 1360. The van der Waals surface area contributed by atoms with Crippen molar-refractivity contribution < 1.29 is 50.9 Å². The summed E-state index contributed by atoms with van der Waals surface area (Å²) in [6, 6.07) is 6.40. The van der Waals surface area contributed by atoms with E-state index in [1.165, 1.54) is 42.2 Å². The van der Waals surface area contributed by atoms with E-state index in [1.54, 1.807) is 0 Å². The lowest BCUT2D eigenvalue weighted by Crippen LogP contribution is -2.49. The van der Waals surface area contributed by atoms with Crippen LogP contribution in [0.3, 0.4) is 0 Å². The van der Waals surface area contributed by atoms with Gasteiger partial charge in [0.05, 0.1) is 42.6 Å². The molecular formula is C33H41F5N2O6. The van der Waals surface area contributed by atoms with Crippen LogP contribution >= 0.6 is 0 Å². The average molecular weight is 657 g/mol. The summed E-state index contributed by atoms with van der Waals surface area (Å²) in [6.07, 6.45) is -1.87. The smallest absolute Gasteiger partial charge is 0.419 e. The van der Waals surface area contributed by atoms with Crippen LogP contribution < -0.4 is 9.64 Å². The Hall–Kier alpha value is -3.29. The molecule has 1 heterocycles. The third kappa shape index (κ3) is 8.95. The van der Waals surface area contributed by atoms with Crippen LogP contribution in [0.25, 0.3) is 0 Å². The predicted octanol–water partition coefficient (Wildman–Crippen LogP) is 7.25. The first-order chi connectivity index (χ1) is 21.7. The van der Waals surface area contributed by atoms with Crippen molar-refractivity contribution in [3.63, 3.8) is 0 Å². The number of methoxy groups -OCH3 is 2. The highest BCUT2D eigenvalue weighted by atomic mass is 19.4. The van der Waals surface area contributed by atoms with Gasteiger partial charge in [0.15, 0.2) is 0 Å². The third-order valence-corrected chi connectivity index (χ3v) is 8.60. The molecule has 8 nitrogen and oxygen atoms in total. The Labute approximate surface area is 265 Å². The summed E-state index contributed by atoms with van der Waals surface area (Å²) in [5.41, 5.74) is -1.23. The second-order valence-corrected chi connectivity index (χ2v) is 12.3. The minimum absolute atomic E-state index is 0.0484. The molecule has 1 amide bonds. The van der Waals surface area contributed by atoms with Crippen molar-refractivity contribution in [3.05, 3.63) is 53.1 Å². The SMILES string of the molecule is COCC(COC)N(C(=O)C1CCC(C)CC1)c1ccc(Oc2ccc(CN3CCCC(F)(F)C3)cc2C(F)(F)F)cc1C(=O)O. The molecule has 0 aromatic heterocycles. The van der Waals surface area contributed by atoms with E-state index in [9.17, 15) is 36.6 Å². The van der Waals surface area contributed by atoms with Crippen molar-refractivity contribution in [2.75, 3.05) is 45.4 Å². The molecule has 1 aliphatic heterocycles. The van der Waals surface area contributed by atoms with Crippen molar-refractivity contribution in [1.29, 1.82) is 0 Å². The number of hydrogen-bond donors (Lipinski definition) is 1. The van der Waals surface area contributed by atoms with E-state index >= 15 is 0 Å². The van der Waals surface area contributed by atoms with Gasteiger partial charge in [0, 0.05) is 33.1 Å². The summed E-state index contributed by atoms with van der Waals surface area (Å²) in [4.78, 5) is 29.2. The number of carbonyl (C=O) groups is 2. The number of carboxylic acids is 1. The van der Waals surface area contributed by atoms with Crippen molar-refractivity contribution >= 4 is 17.6 Å². The molecule has 13 heteroatoms. The number of anilines is 1. The molecule has 4 rings (SSSR count). The Kier molecular flexibility index (Phi) is 11.7. The second-order valence-electron chi connectivity index (χ2n) is 12.3. The van der Waals surface area contributed by atoms with Crippen molar-refractivity contribution in [2.45, 2.75) is 70.1 Å². The van der Waals surface area contributed by atoms with Crippen molar-refractivity contribution in [1.82, 2.24) is 4.90 Å². The molecule has 2 aromatic rings. The number of carboxylic acid groups (broad SMARTS) is 1.